The Morgan fingerprint density at radius 2 is 2.06 bits per heavy atom. The normalized spacial score (nSPS) is 16.7. The molecule has 1 aromatic heterocycles. The fourth-order valence-electron chi connectivity index (χ4n) is 1.76. The Hall–Kier alpha value is -1.76. The Labute approximate surface area is 107 Å². The van der Waals surface area contributed by atoms with Crippen molar-refractivity contribution in [2.75, 3.05) is 19.8 Å². The molecule has 1 aliphatic rings. The lowest BCUT2D eigenvalue weighted by molar-refractivity contribution is -0.146. The van der Waals surface area contributed by atoms with Gasteiger partial charge >= 0.3 is 5.97 Å². The first-order valence-corrected chi connectivity index (χ1v) is 6.18. The largest absolute Gasteiger partial charge is 0.488 e. The number of aliphatic carboxylic acids is 1. The van der Waals surface area contributed by atoms with Crippen LogP contribution in [0.25, 0.3) is 0 Å². The fraction of sp³-hybridized carbons (Fsp3) is 0.455. The van der Waals surface area contributed by atoms with Gasteiger partial charge in [0.05, 0.1) is 11.8 Å². The van der Waals surface area contributed by atoms with Gasteiger partial charge in [-0.1, -0.05) is 0 Å². The summed E-state index contributed by atoms with van der Waals surface area (Å²) in [6, 6.07) is 0. The quantitative estimate of drug-likeness (QED) is 0.810. The third kappa shape index (κ3) is 2.73. The Morgan fingerprint density at radius 3 is 2.56 bits per heavy atom. The molecule has 0 spiro atoms. The second-order valence-corrected chi connectivity index (χ2v) is 4.90. The highest BCUT2D eigenvalue weighted by Gasteiger charge is 2.38. The number of carbonyl (C=O) groups is 2. The summed E-state index contributed by atoms with van der Waals surface area (Å²) in [6.07, 6.45) is -0.186. The lowest BCUT2D eigenvalue weighted by atomic mass is 9.87. The van der Waals surface area contributed by atoms with Crippen LogP contribution in [0.1, 0.15) is 6.42 Å². The number of fused-ring (bicyclic) bond motifs is 1. The van der Waals surface area contributed by atoms with Crippen LogP contribution in [-0.2, 0) is 14.3 Å². The van der Waals surface area contributed by atoms with Gasteiger partial charge in [0.15, 0.2) is 11.5 Å². The first kappa shape index (κ1) is 12.7. The van der Waals surface area contributed by atoms with Crippen molar-refractivity contribution in [2.24, 2.45) is 5.41 Å². The molecule has 1 aliphatic heterocycles. The minimum absolute atomic E-state index is 0.0451. The van der Waals surface area contributed by atoms with Gasteiger partial charge < -0.3 is 19.3 Å². The van der Waals surface area contributed by atoms with E-state index in [1.807, 2.05) is 0 Å². The Morgan fingerprint density at radius 1 is 1.44 bits per heavy atom. The molecule has 0 aromatic carbocycles. The van der Waals surface area contributed by atoms with Crippen LogP contribution in [0.15, 0.2) is 10.8 Å². The predicted octanol–water partition coefficient (Wildman–Crippen LogP) is 1.15. The van der Waals surface area contributed by atoms with Crippen molar-refractivity contribution in [1.29, 1.82) is 0 Å². The van der Waals surface area contributed by atoms with E-state index in [1.54, 1.807) is 10.8 Å². The number of ether oxygens (including phenoxy) is 3. The lowest BCUT2D eigenvalue weighted by Crippen LogP contribution is -2.40. The zero-order chi connectivity index (χ0) is 13.0. The van der Waals surface area contributed by atoms with E-state index in [0.29, 0.717) is 18.0 Å². The van der Waals surface area contributed by atoms with E-state index in [9.17, 15) is 9.59 Å². The molecule has 0 bridgehead atoms. The van der Waals surface area contributed by atoms with Crippen molar-refractivity contribution in [3.05, 3.63) is 10.8 Å². The number of carboxylic acids is 1. The number of hydrogen-bond donors (Lipinski definition) is 1. The van der Waals surface area contributed by atoms with Crippen LogP contribution >= 0.6 is 11.3 Å². The second kappa shape index (κ2) is 5.26. The van der Waals surface area contributed by atoms with Crippen LogP contribution in [0.5, 0.6) is 11.5 Å². The molecule has 6 nitrogen and oxygen atoms in total. The third-order valence-corrected chi connectivity index (χ3v) is 3.34. The summed E-state index contributed by atoms with van der Waals surface area (Å²) in [7, 11) is 0. The average molecular weight is 272 g/mol. The molecule has 7 heteroatoms. The van der Waals surface area contributed by atoms with Gasteiger partial charge in [-0.05, 0) is 0 Å². The highest BCUT2D eigenvalue weighted by Crippen LogP contribution is 2.38. The van der Waals surface area contributed by atoms with Gasteiger partial charge in [0, 0.05) is 10.8 Å². The molecule has 2 rings (SSSR count). The van der Waals surface area contributed by atoms with Gasteiger partial charge in [0.25, 0.3) is 6.47 Å². The maximum Gasteiger partial charge on any atom is 0.304 e. The number of carbonyl (C=O) groups excluding carboxylic acids is 1. The second-order valence-electron chi connectivity index (χ2n) is 4.16. The van der Waals surface area contributed by atoms with Crippen molar-refractivity contribution in [3.8, 4) is 11.5 Å². The van der Waals surface area contributed by atoms with Gasteiger partial charge in [-0.15, -0.1) is 11.3 Å². The molecule has 18 heavy (non-hydrogen) atoms. The number of hydrogen-bond acceptors (Lipinski definition) is 6. The molecule has 0 fully saturated rings. The van der Waals surface area contributed by atoms with E-state index in [1.165, 1.54) is 11.3 Å². The Balaban J connectivity index is 2.13. The number of carboxylic acid groups (broad SMARTS) is 1. The predicted molar refractivity (Wildman–Crippen MR) is 62.0 cm³/mol. The van der Waals surface area contributed by atoms with Crippen LogP contribution in [0.2, 0.25) is 0 Å². The van der Waals surface area contributed by atoms with E-state index < -0.39 is 11.4 Å². The van der Waals surface area contributed by atoms with Crippen molar-refractivity contribution in [1.82, 2.24) is 0 Å². The maximum absolute atomic E-state index is 10.9. The summed E-state index contributed by atoms with van der Waals surface area (Å²) in [5, 5.41) is 12.5. The van der Waals surface area contributed by atoms with Gasteiger partial charge in [-0.3, -0.25) is 9.59 Å². The van der Waals surface area contributed by atoms with Crippen molar-refractivity contribution in [2.45, 2.75) is 6.42 Å². The Bertz CT molecular complexity index is 418. The van der Waals surface area contributed by atoms with Gasteiger partial charge in [-0.2, -0.15) is 0 Å². The van der Waals surface area contributed by atoms with Gasteiger partial charge in [0.1, 0.15) is 19.8 Å². The molecule has 0 unspecified atom stereocenters. The Kier molecular flexibility index (Phi) is 3.71. The smallest absolute Gasteiger partial charge is 0.304 e. The van der Waals surface area contributed by atoms with Crippen molar-refractivity contribution in [3.63, 3.8) is 0 Å². The molecule has 0 saturated heterocycles. The van der Waals surface area contributed by atoms with E-state index in [0.717, 1.165) is 0 Å². The molecule has 98 valence electrons. The number of thiophene rings is 1. The summed E-state index contributed by atoms with van der Waals surface area (Å²) in [5.41, 5.74) is -0.858. The monoisotopic (exact) mass is 272 g/mol. The molecule has 1 aromatic rings. The summed E-state index contributed by atoms with van der Waals surface area (Å²) in [5.74, 6) is 0.206. The minimum Gasteiger partial charge on any atom is -0.488 e. The first-order valence-electron chi connectivity index (χ1n) is 5.24. The average Bonchev–Trinajstić information content (AvgIpc) is 2.72. The molecular weight excluding hydrogens is 260 g/mol. The SMILES string of the molecule is O=COCC1(CC(=O)O)COc2cscc2OC1. The van der Waals surface area contributed by atoms with Crippen molar-refractivity contribution >= 4 is 23.8 Å². The zero-order valence-corrected chi connectivity index (χ0v) is 10.3. The van der Waals surface area contributed by atoms with Crippen LogP contribution in [-0.4, -0.2) is 37.4 Å². The lowest BCUT2D eigenvalue weighted by Gasteiger charge is -2.27. The molecule has 2 heterocycles. The summed E-state index contributed by atoms with van der Waals surface area (Å²) >= 11 is 1.44. The van der Waals surface area contributed by atoms with Crippen LogP contribution in [0, 0.1) is 5.41 Å². The van der Waals surface area contributed by atoms with Crippen LogP contribution in [0.4, 0.5) is 0 Å². The maximum atomic E-state index is 10.9. The van der Waals surface area contributed by atoms with Crippen molar-refractivity contribution < 1.29 is 28.9 Å². The molecule has 0 aliphatic carbocycles. The van der Waals surface area contributed by atoms with E-state index in [4.69, 9.17) is 19.3 Å². The molecule has 0 atom stereocenters. The zero-order valence-electron chi connectivity index (χ0n) is 9.46. The third-order valence-electron chi connectivity index (χ3n) is 2.64. The van der Waals surface area contributed by atoms with Crippen LogP contribution < -0.4 is 9.47 Å². The van der Waals surface area contributed by atoms with Gasteiger partial charge in [-0.25, -0.2) is 0 Å². The minimum atomic E-state index is -0.985. The first-order chi connectivity index (χ1) is 8.65. The highest BCUT2D eigenvalue weighted by atomic mass is 32.1. The summed E-state index contributed by atoms with van der Waals surface area (Å²) in [6.45, 7) is 0.522. The fourth-order valence-corrected chi connectivity index (χ4v) is 2.44. The molecule has 1 N–H and O–H groups in total. The topological polar surface area (TPSA) is 82.1 Å². The molecule has 0 saturated carbocycles. The summed E-state index contributed by atoms with van der Waals surface area (Å²) in [4.78, 5) is 21.2. The number of rotatable bonds is 5. The van der Waals surface area contributed by atoms with E-state index in [-0.39, 0.29) is 26.2 Å². The van der Waals surface area contributed by atoms with E-state index >= 15 is 0 Å². The molecule has 0 amide bonds. The van der Waals surface area contributed by atoms with Gasteiger partial charge in [0.2, 0.25) is 0 Å². The highest BCUT2D eigenvalue weighted by molar-refractivity contribution is 7.08. The van der Waals surface area contributed by atoms with E-state index in [2.05, 4.69) is 0 Å². The summed E-state index contributed by atoms with van der Waals surface area (Å²) < 4.78 is 15.8. The molecule has 0 radical (unpaired) electrons. The molecular formula is C11H12O6S. The standard InChI is InChI=1S/C11H12O6S/c12-7-15-4-11(1-10(13)14)5-16-8-2-18-3-9(8)17-6-11/h2-3,7H,1,4-6H2,(H,13,14). The van der Waals surface area contributed by atoms with Crippen LogP contribution in [0.3, 0.4) is 0 Å².